The Morgan fingerprint density at radius 2 is 1.87 bits per heavy atom. The second-order valence-electron chi connectivity index (χ2n) is 5.48. The molecule has 0 aliphatic heterocycles. The SMILES string of the molecule is CC(C)c1nnc(NC(=O)N[C@H](C)[C@H](O)c2ccc(F)cc2)s1. The van der Waals surface area contributed by atoms with E-state index in [4.69, 9.17) is 0 Å². The number of aromatic nitrogens is 2. The van der Waals surface area contributed by atoms with Gasteiger partial charge in [-0.15, -0.1) is 10.2 Å². The topological polar surface area (TPSA) is 87.1 Å². The number of carbonyl (C=O) groups is 1. The summed E-state index contributed by atoms with van der Waals surface area (Å²) in [7, 11) is 0. The van der Waals surface area contributed by atoms with Gasteiger partial charge in [-0.25, -0.2) is 9.18 Å². The number of aliphatic hydroxyl groups is 1. The number of benzene rings is 1. The molecule has 124 valence electrons. The van der Waals surface area contributed by atoms with Gasteiger partial charge in [0.05, 0.1) is 12.1 Å². The Hall–Kier alpha value is -2.06. The highest BCUT2D eigenvalue weighted by Crippen LogP contribution is 2.22. The van der Waals surface area contributed by atoms with Crippen LogP contribution in [0.25, 0.3) is 0 Å². The smallest absolute Gasteiger partial charge is 0.321 e. The predicted molar refractivity (Wildman–Crippen MR) is 87.0 cm³/mol. The third-order valence-corrected chi connectivity index (χ3v) is 4.34. The molecule has 0 saturated heterocycles. The molecule has 0 saturated carbocycles. The maximum atomic E-state index is 12.9. The number of amides is 2. The molecule has 0 aliphatic carbocycles. The van der Waals surface area contributed by atoms with Crippen LogP contribution in [0.1, 0.15) is 43.4 Å². The van der Waals surface area contributed by atoms with E-state index in [2.05, 4.69) is 20.8 Å². The Morgan fingerprint density at radius 1 is 1.22 bits per heavy atom. The minimum Gasteiger partial charge on any atom is -0.386 e. The van der Waals surface area contributed by atoms with Crippen molar-refractivity contribution >= 4 is 22.5 Å². The molecule has 2 rings (SSSR count). The molecule has 3 N–H and O–H groups in total. The highest BCUT2D eigenvalue weighted by atomic mass is 32.1. The maximum absolute atomic E-state index is 12.9. The molecule has 0 radical (unpaired) electrons. The zero-order valence-corrected chi connectivity index (χ0v) is 13.9. The molecule has 1 aromatic carbocycles. The number of urea groups is 1. The molecular weight excluding hydrogens is 319 g/mol. The summed E-state index contributed by atoms with van der Waals surface area (Å²) in [6, 6.07) is 4.45. The number of nitrogens with one attached hydrogen (secondary N) is 2. The largest absolute Gasteiger partial charge is 0.386 e. The van der Waals surface area contributed by atoms with Crippen LogP contribution in [-0.2, 0) is 0 Å². The molecule has 0 bridgehead atoms. The third kappa shape index (κ3) is 4.70. The number of anilines is 1. The summed E-state index contributed by atoms with van der Waals surface area (Å²) < 4.78 is 12.9. The molecule has 6 nitrogen and oxygen atoms in total. The quantitative estimate of drug-likeness (QED) is 0.782. The fourth-order valence-corrected chi connectivity index (χ4v) is 2.63. The Labute approximate surface area is 137 Å². The van der Waals surface area contributed by atoms with Gasteiger partial charge in [-0.3, -0.25) is 5.32 Å². The summed E-state index contributed by atoms with van der Waals surface area (Å²) in [6.45, 7) is 5.64. The normalized spacial score (nSPS) is 13.7. The van der Waals surface area contributed by atoms with Gasteiger partial charge in [-0.05, 0) is 24.6 Å². The zero-order valence-electron chi connectivity index (χ0n) is 13.1. The van der Waals surface area contributed by atoms with E-state index in [0.29, 0.717) is 10.7 Å². The van der Waals surface area contributed by atoms with Crippen LogP contribution in [0.2, 0.25) is 0 Å². The number of hydrogen-bond donors (Lipinski definition) is 3. The van der Waals surface area contributed by atoms with E-state index in [-0.39, 0.29) is 11.7 Å². The van der Waals surface area contributed by atoms with Crippen LogP contribution in [-0.4, -0.2) is 27.4 Å². The van der Waals surface area contributed by atoms with Crippen LogP contribution in [0.4, 0.5) is 14.3 Å². The van der Waals surface area contributed by atoms with Gasteiger partial charge in [0.2, 0.25) is 5.13 Å². The maximum Gasteiger partial charge on any atom is 0.321 e. The minimum atomic E-state index is -0.943. The third-order valence-electron chi connectivity index (χ3n) is 3.20. The molecule has 2 atom stereocenters. The van der Waals surface area contributed by atoms with Crippen molar-refractivity contribution in [1.29, 1.82) is 0 Å². The van der Waals surface area contributed by atoms with Gasteiger partial charge in [0.25, 0.3) is 0 Å². The Morgan fingerprint density at radius 3 is 2.43 bits per heavy atom. The number of halogens is 1. The average Bonchev–Trinajstić information content (AvgIpc) is 2.95. The molecule has 0 unspecified atom stereocenters. The van der Waals surface area contributed by atoms with Gasteiger partial charge < -0.3 is 10.4 Å². The van der Waals surface area contributed by atoms with Crippen LogP contribution in [0.5, 0.6) is 0 Å². The van der Waals surface area contributed by atoms with Crippen molar-refractivity contribution in [3.63, 3.8) is 0 Å². The van der Waals surface area contributed by atoms with Crippen molar-refractivity contribution < 1.29 is 14.3 Å². The lowest BCUT2D eigenvalue weighted by Gasteiger charge is -2.20. The summed E-state index contributed by atoms with van der Waals surface area (Å²) >= 11 is 1.30. The van der Waals surface area contributed by atoms with E-state index in [9.17, 15) is 14.3 Å². The number of rotatable bonds is 5. The summed E-state index contributed by atoms with van der Waals surface area (Å²) in [5, 5.41) is 24.5. The van der Waals surface area contributed by atoms with Crippen molar-refractivity contribution in [1.82, 2.24) is 15.5 Å². The van der Waals surface area contributed by atoms with Crippen LogP contribution in [0.3, 0.4) is 0 Å². The van der Waals surface area contributed by atoms with Gasteiger partial charge in [-0.2, -0.15) is 0 Å². The number of hydrogen-bond acceptors (Lipinski definition) is 5. The van der Waals surface area contributed by atoms with Gasteiger partial charge in [0, 0.05) is 5.92 Å². The lowest BCUT2D eigenvalue weighted by molar-refractivity contribution is 0.139. The van der Waals surface area contributed by atoms with Crippen molar-refractivity contribution in [2.45, 2.75) is 38.8 Å². The minimum absolute atomic E-state index is 0.241. The van der Waals surface area contributed by atoms with Crippen molar-refractivity contribution in [3.05, 3.63) is 40.7 Å². The van der Waals surface area contributed by atoms with E-state index in [1.54, 1.807) is 6.92 Å². The molecule has 8 heteroatoms. The van der Waals surface area contributed by atoms with Crippen LogP contribution < -0.4 is 10.6 Å². The van der Waals surface area contributed by atoms with Crippen molar-refractivity contribution in [3.8, 4) is 0 Å². The van der Waals surface area contributed by atoms with E-state index in [0.717, 1.165) is 5.01 Å². The molecule has 0 fully saturated rings. The van der Waals surface area contributed by atoms with E-state index >= 15 is 0 Å². The van der Waals surface area contributed by atoms with Crippen LogP contribution in [0, 0.1) is 5.82 Å². The van der Waals surface area contributed by atoms with Crippen LogP contribution >= 0.6 is 11.3 Å². The lowest BCUT2D eigenvalue weighted by atomic mass is 10.0. The molecule has 0 aliphatic rings. The fourth-order valence-electron chi connectivity index (χ4n) is 1.89. The summed E-state index contributed by atoms with van der Waals surface area (Å²) in [4.78, 5) is 11.9. The molecule has 0 spiro atoms. The number of nitrogens with zero attached hydrogens (tertiary/aromatic N) is 2. The number of aliphatic hydroxyl groups excluding tert-OH is 1. The van der Waals surface area contributed by atoms with Crippen molar-refractivity contribution in [2.24, 2.45) is 0 Å². The monoisotopic (exact) mass is 338 g/mol. The average molecular weight is 338 g/mol. The second kappa shape index (κ2) is 7.47. The molecule has 23 heavy (non-hydrogen) atoms. The first-order valence-electron chi connectivity index (χ1n) is 7.21. The van der Waals surface area contributed by atoms with E-state index < -0.39 is 18.2 Å². The Balaban J connectivity index is 1.91. The first-order valence-corrected chi connectivity index (χ1v) is 8.03. The van der Waals surface area contributed by atoms with Gasteiger partial charge >= 0.3 is 6.03 Å². The standard InChI is InChI=1S/C15H19FN4O2S/c1-8(2)13-19-20-15(23-13)18-14(22)17-9(3)12(21)10-4-6-11(16)7-5-10/h4-9,12,21H,1-3H3,(H2,17,18,20,22)/t9-,12+/m1/s1. The Bertz CT molecular complexity index is 660. The molecule has 2 aromatic rings. The van der Waals surface area contributed by atoms with Gasteiger partial charge in [0.1, 0.15) is 10.8 Å². The molecule has 1 aromatic heterocycles. The molecule has 1 heterocycles. The Kier molecular flexibility index (Phi) is 5.62. The van der Waals surface area contributed by atoms with E-state index in [1.807, 2.05) is 13.8 Å². The molecular formula is C15H19FN4O2S. The van der Waals surface area contributed by atoms with Gasteiger partial charge in [0.15, 0.2) is 0 Å². The number of carbonyl (C=O) groups excluding carboxylic acids is 1. The summed E-state index contributed by atoms with van der Waals surface area (Å²) in [5.41, 5.74) is 0.525. The molecule has 2 amide bonds. The second-order valence-corrected chi connectivity index (χ2v) is 6.49. The highest BCUT2D eigenvalue weighted by molar-refractivity contribution is 7.15. The van der Waals surface area contributed by atoms with Crippen LogP contribution in [0.15, 0.2) is 24.3 Å². The van der Waals surface area contributed by atoms with E-state index in [1.165, 1.54) is 35.6 Å². The van der Waals surface area contributed by atoms with Crippen molar-refractivity contribution in [2.75, 3.05) is 5.32 Å². The summed E-state index contributed by atoms with van der Waals surface area (Å²) in [6.07, 6.45) is -0.943. The lowest BCUT2D eigenvalue weighted by Crippen LogP contribution is -2.39. The highest BCUT2D eigenvalue weighted by Gasteiger charge is 2.19. The predicted octanol–water partition coefficient (Wildman–Crippen LogP) is 3.04. The first kappa shape index (κ1) is 17.3. The first-order chi connectivity index (χ1) is 10.9. The zero-order chi connectivity index (χ0) is 17.0. The fraction of sp³-hybridized carbons (Fsp3) is 0.400. The van der Waals surface area contributed by atoms with Gasteiger partial charge in [-0.1, -0.05) is 37.3 Å². The summed E-state index contributed by atoms with van der Waals surface area (Å²) in [5.74, 6) is -0.137.